The van der Waals surface area contributed by atoms with Gasteiger partial charge in [0.25, 0.3) is 0 Å². The van der Waals surface area contributed by atoms with Gasteiger partial charge in [-0.3, -0.25) is 9.59 Å². The van der Waals surface area contributed by atoms with Crippen molar-refractivity contribution in [2.24, 2.45) is 39.9 Å². The maximum absolute atomic E-state index is 12.9. The summed E-state index contributed by atoms with van der Waals surface area (Å²) in [5, 5.41) is 0. The van der Waals surface area contributed by atoms with Crippen molar-refractivity contribution >= 4 is 11.8 Å². The van der Waals surface area contributed by atoms with E-state index in [1.54, 1.807) is 6.92 Å². The Morgan fingerprint density at radius 1 is 0.969 bits per heavy atom. The second-order valence-electron chi connectivity index (χ2n) is 12.7. The number of hydrogen-bond donors (Lipinski definition) is 0. The predicted octanol–water partition coefficient (Wildman–Crippen LogP) is 6.15. The Morgan fingerprint density at radius 3 is 2.44 bits per heavy atom. The van der Waals surface area contributed by atoms with E-state index in [9.17, 15) is 9.59 Å². The van der Waals surface area contributed by atoms with Crippen LogP contribution in [-0.2, 0) is 22.4 Å². The highest BCUT2D eigenvalue weighted by Gasteiger charge is 2.61. The van der Waals surface area contributed by atoms with Crippen molar-refractivity contribution in [2.75, 3.05) is 0 Å². The highest BCUT2D eigenvalue weighted by atomic mass is 16.5. The van der Waals surface area contributed by atoms with Gasteiger partial charge in [0.05, 0.1) is 0 Å². The van der Waals surface area contributed by atoms with Crippen LogP contribution in [0.1, 0.15) is 101 Å². The topological polar surface area (TPSA) is 56.5 Å². The van der Waals surface area contributed by atoms with Crippen molar-refractivity contribution in [3.63, 3.8) is 0 Å². The molecule has 0 spiro atoms. The maximum Gasteiger partial charge on any atom is 0.302 e. The van der Waals surface area contributed by atoms with Gasteiger partial charge in [0.2, 0.25) is 5.78 Å². The number of rotatable bonds is 3. The molecule has 7 atom stereocenters. The summed E-state index contributed by atoms with van der Waals surface area (Å²) in [6, 6.07) is 2.10. The molecule has 0 bridgehead atoms. The minimum Gasteiger partial charge on any atom is -0.462 e. The predicted molar refractivity (Wildman–Crippen MR) is 121 cm³/mol. The van der Waals surface area contributed by atoms with E-state index in [1.807, 2.05) is 0 Å². The Kier molecular flexibility index (Phi) is 4.41. The van der Waals surface area contributed by atoms with Crippen molar-refractivity contribution < 1.29 is 18.7 Å². The van der Waals surface area contributed by atoms with Gasteiger partial charge in [0.1, 0.15) is 11.9 Å². The van der Waals surface area contributed by atoms with E-state index in [-0.39, 0.29) is 34.1 Å². The Labute approximate surface area is 191 Å². The molecule has 4 nitrogen and oxygen atoms in total. The smallest absolute Gasteiger partial charge is 0.302 e. The molecule has 6 rings (SSSR count). The summed E-state index contributed by atoms with van der Waals surface area (Å²) in [5.74, 6) is 4.57. The van der Waals surface area contributed by atoms with Crippen molar-refractivity contribution in [3.8, 4) is 0 Å². The monoisotopic (exact) mass is 438 g/mol. The van der Waals surface area contributed by atoms with Gasteiger partial charge in [-0.1, -0.05) is 20.8 Å². The Balaban J connectivity index is 1.27. The molecule has 32 heavy (non-hydrogen) atoms. The van der Waals surface area contributed by atoms with E-state index < -0.39 is 0 Å². The molecule has 0 aliphatic heterocycles. The highest BCUT2D eigenvalue weighted by molar-refractivity contribution is 6.00. The lowest BCUT2D eigenvalue weighted by molar-refractivity contribution is -0.160. The first-order valence-corrected chi connectivity index (χ1v) is 13.0. The van der Waals surface area contributed by atoms with E-state index in [0.717, 1.165) is 49.7 Å². The second-order valence-corrected chi connectivity index (χ2v) is 12.7. The van der Waals surface area contributed by atoms with Gasteiger partial charge in [-0.25, -0.2) is 0 Å². The summed E-state index contributed by atoms with van der Waals surface area (Å²) in [7, 11) is 0. The zero-order valence-electron chi connectivity index (χ0n) is 20.2. The third-order valence-corrected chi connectivity index (χ3v) is 11.0. The molecule has 5 aliphatic carbocycles. The van der Waals surface area contributed by atoms with Crippen molar-refractivity contribution in [1.29, 1.82) is 0 Å². The molecular weight excluding hydrogens is 400 g/mol. The van der Waals surface area contributed by atoms with Crippen LogP contribution in [0.4, 0.5) is 0 Å². The molecule has 1 heterocycles. The first-order valence-electron chi connectivity index (χ1n) is 13.0. The summed E-state index contributed by atoms with van der Waals surface area (Å²) in [6.07, 6.45) is 11.3. The molecule has 4 heteroatoms. The van der Waals surface area contributed by atoms with E-state index >= 15 is 0 Å². The molecule has 4 fully saturated rings. The number of fused-ring (bicyclic) bond motifs is 6. The fraction of sp³-hybridized carbons (Fsp3) is 0.786. The molecule has 1 aromatic rings. The van der Waals surface area contributed by atoms with Crippen LogP contribution in [0.5, 0.6) is 0 Å². The summed E-state index contributed by atoms with van der Waals surface area (Å²) in [5.41, 5.74) is 1.56. The zero-order chi connectivity index (χ0) is 22.5. The third-order valence-electron chi connectivity index (χ3n) is 11.0. The van der Waals surface area contributed by atoms with E-state index in [0.29, 0.717) is 17.6 Å². The fourth-order valence-corrected chi connectivity index (χ4v) is 8.74. The fourth-order valence-electron chi connectivity index (χ4n) is 8.74. The number of esters is 1. The van der Waals surface area contributed by atoms with Gasteiger partial charge in [-0.15, -0.1) is 0 Å². The first-order chi connectivity index (χ1) is 15.1. The van der Waals surface area contributed by atoms with Crippen LogP contribution in [0.15, 0.2) is 10.5 Å². The van der Waals surface area contributed by atoms with Crippen molar-refractivity contribution in [2.45, 2.75) is 98.0 Å². The summed E-state index contributed by atoms with van der Waals surface area (Å²) < 4.78 is 12.0. The molecular formula is C28H38O4. The minimum absolute atomic E-state index is 0.0978. The lowest BCUT2D eigenvalue weighted by Crippen LogP contribution is -2.54. The summed E-state index contributed by atoms with van der Waals surface area (Å²) >= 11 is 0. The molecule has 1 aromatic heterocycles. The number of carbonyl (C=O) groups is 2. The Morgan fingerprint density at radius 2 is 1.72 bits per heavy atom. The van der Waals surface area contributed by atoms with Crippen LogP contribution in [-0.4, -0.2) is 17.9 Å². The van der Waals surface area contributed by atoms with Gasteiger partial charge < -0.3 is 9.15 Å². The van der Waals surface area contributed by atoms with Gasteiger partial charge >= 0.3 is 5.97 Å². The Bertz CT molecular complexity index is 970. The summed E-state index contributed by atoms with van der Waals surface area (Å²) in [6.45, 7) is 8.57. The largest absolute Gasteiger partial charge is 0.462 e. The Hall–Kier alpha value is -1.58. The van der Waals surface area contributed by atoms with Crippen LogP contribution >= 0.6 is 0 Å². The number of ketones is 1. The second kappa shape index (κ2) is 6.73. The normalized spacial score (nSPS) is 43.4. The SMILES string of the molecule is CC(=O)O[C@H]1CC[C@H]2[C@@H]3CC[C@H]4Cc5oc(C(=O)C6(C)CC6)cc5C[C@]4(C)[C@H]3CC[C@]12C. The van der Waals surface area contributed by atoms with Crippen LogP contribution in [0.2, 0.25) is 0 Å². The van der Waals surface area contributed by atoms with Crippen LogP contribution < -0.4 is 0 Å². The quantitative estimate of drug-likeness (QED) is 0.419. The average Bonchev–Trinajstić information content (AvgIpc) is 3.22. The third kappa shape index (κ3) is 2.86. The molecule has 0 aromatic carbocycles. The minimum atomic E-state index is -0.170. The highest BCUT2D eigenvalue weighted by Crippen LogP contribution is 2.66. The molecule has 5 aliphatic rings. The van der Waals surface area contributed by atoms with Gasteiger partial charge in [0, 0.05) is 24.2 Å². The van der Waals surface area contributed by atoms with Gasteiger partial charge in [-0.05, 0) is 98.5 Å². The van der Waals surface area contributed by atoms with E-state index in [1.165, 1.54) is 37.7 Å². The van der Waals surface area contributed by atoms with Gasteiger partial charge in [-0.2, -0.15) is 0 Å². The molecule has 0 unspecified atom stereocenters. The lowest BCUT2D eigenvalue weighted by atomic mass is 9.45. The van der Waals surface area contributed by atoms with E-state index in [4.69, 9.17) is 9.15 Å². The summed E-state index contributed by atoms with van der Waals surface area (Å²) in [4.78, 5) is 24.6. The van der Waals surface area contributed by atoms with Crippen LogP contribution in [0.25, 0.3) is 0 Å². The lowest BCUT2D eigenvalue weighted by Gasteiger charge is -2.59. The van der Waals surface area contributed by atoms with E-state index in [2.05, 4.69) is 26.8 Å². The van der Waals surface area contributed by atoms with Crippen molar-refractivity contribution in [1.82, 2.24) is 0 Å². The standard InChI is InChI=1S/C28H38O4/c1-16(29)31-24-8-7-20-19-6-5-18-14-22-17(13-23(32-22)25(30)26(2)11-12-26)15-28(18,4)21(19)9-10-27(20,24)3/h13,18-21,24H,5-12,14-15H2,1-4H3/t18-,19-,20-,21-,24-,27-,28-/m0/s1. The molecule has 0 radical (unpaired) electrons. The molecule has 0 N–H and O–H groups in total. The molecule has 0 saturated heterocycles. The van der Waals surface area contributed by atoms with Gasteiger partial charge in [0.15, 0.2) is 5.76 Å². The number of ether oxygens (including phenoxy) is 1. The van der Waals surface area contributed by atoms with Crippen LogP contribution in [0.3, 0.4) is 0 Å². The molecule has 4 saturated carbocycles. The number of carbonyl (C=O) groups excluding carboxylic acids is 2. The number of hydrogen-bond acceptors (Lipinski definition) is 4. The number of furan rings is 1. The van der Waals surface area contributed by atoms with Crippen molar-refractivity contribution in [3.05, 3.63) is 23.2 Å². The molecule has 174 valence electrons. The van der Waals surface area contributed by atoms with Crippen LogP contribution in [0, 0.1) is 39.9 Å². The number of Topliss-reactive ketones (excluding diaryl/α,β-unsaturated/α-hetero) is 1. The zero-order valence-corrected chi connectivity index (χ0v) is 20.2. The first kappa shape index (κ1) is 21.0. The average molecular weight is 439 g/mol. The molecule has 0 amide bonds. The maximum atomic E-state index is 12.9.